The zero-order valence-corrected chi connectivity index (χ0v) is 14.0. The normalized spacial score (nSPS) is 10.6. The van der Waals surface area contributed by atoms with Crippen LogP contribution in [0, 0.1) is 13.8 Å². The maximum atomic E-state index is 12.1. The number of halogens is 3. The molecule has 0 radical (unpaired) electrons. The Labute approximate surface area is 133 Å². The van der Waals surface area contributed by atoms with Gasteiger partial charge in [-0.25, -0.2) is 4.98 Å². The van der Waals surface area contributed by atoms with Crippen molar-refractivity contribution in [2.45, 2.75) is 13.8 Å². The zero-order valence-electron chi connectivity index (χ0n) is 10.1. The molecule has 0 aromatic carbocycles. The summed E-state index contributed by atoms with van der Waals surface area (Å²) in [7, 11) is 0. The second-order valence-electron chi connectivity index (χ2n) is 3.95. The molecule has 0 spiro atoms. The summed E-state index contributed by atoms with van der Waals surface area (Å²) in [6.45, 7) is 3.74. The molecule has 1 amide bonds. The van der Waals surface area contributed by atoms with Crippen LogP contribution in [0.4, 0.5) is 5.69 Å². The Kier molecular flexibility index (Phi) is 4.50. The first-order valence-electron chi connectivity index (χ1n) is 5.28. The molecule has 0 saturated heterocycles. The van der Waals surface area contributed by atoms with Crippen LogP contribution in [0.3, 0.4) is 0 Å². The highest BCUT2D eigenvalue weighted by molar-refractivity contribution is 9.11. The molecule has 0 aliphatic rings. The molecule has 0 saturated carbocycles. The molecule has 0 fully saturated rings. The number of hydrogen-bond donors (Lipinski definition) is 1. The first-order valence-corrected chi connectivity index (χ1v) is 7.65. The van der Waals surface area contributed by atoms with Crippen LogP contribution < -0.4 is 5.32 Å². The number of pyridine rings is 1. The quantitative estimate of drug-likeness (QED) is 0.739. The summed E-state index contributed by atoms with van der Waals surface area (Å²) in [5.74, 6) is -0.215. The second kappa shape index (κ2) is 5.79. The summed E-state index contributed by atoms with van der Waals surface area (Å²) < 4.78 is 0.940. The van der Waals surface area contributed by atoms with E-state index in [0.29, 0.717) is 15.7 Å². The SMILES string of the molecule is Cc1cc(C(=O)Nc2c(C)cc(Cl)nc2Cl)sc1Br. The fourth-order valence-corrected chi connectivity index (χ4v) is 3.50. The van der Waals surface area contributed by atoms with Gasteiger partial charge in [0.05, 0.1) is 14.4 Å². The van der Waals surface area contributed by atoms with Gasteiger partial charge >= 0.3 is 0 Å². The van der Waals surface area contributed by atoms with Crippen LogP contribution in [0.5, 0.6) is 0 Å². The lowest BCUT2D eigenvalue weighted by molar-refractivity contribution is 0.103. The number of nitrogens with one attached hydrogen (secondary N) is 1. The zero-order chi connectivity index (χ0) is 14.2. The van der Waals surface area contributed by atoms with Crippen molar-refractivity contribution in [3.05, 3.63) is 42.2 Å². The van der Waals surface area contributed by atoms with Crippen molar-refractivity contribution in [2.24, 2.45) is 0 Å². The van der Waals surface area contributed by atoms with E-state index in [1.54, 1.807) is 6.07 Å². The molecule has 2 aromatic heterocycles. The third kappa shape index (κ3) is 3.28. The molecule has 19 heavy (non-hydrogen) atoms. The minimum atomic E-state index is -0.215. The maximum Gasteiger partial charge on any atom is 0.265 e. The van der Waals surface area contributed by atoms with E-state index in [1.165, 1.54) is 11.3 Å². The standard InChI is InChI=1S/C12H9BrCl2N2OS/c1-5-4-8(14)16-11(15)9(5)17-12(18)7-3-6(2)10(13)19-7/h3-4H,1-2H3,(H,17,18). The topological polar surface area (TPSA) is 42.0 Å². The van der Waals surface area contributed by atoms with Gasteiger partial charge < -0.3 is 5.32 Å². The third-order valence-electron chi connectivity index (χ3n) is 2.46. The lowest BCUT2D eigenvalue weighted by Crippen LogP contribution is -2.12. The Hall–Kier alpha value is -0.620. The average Bonchev–Trinajstić information content (AvgIpc) is 2.64. The Morgan fingerprint density at radius 1 is 1.32 bits per heavy atom. The number of carbonyl (C=O) groups is 1. The van der Waals surface area contributed by atoms with Crippen LogP contribution in [0.1, 0.15) is 20.8 Å². The minimum absolute atomic E-state index is 0.186. The Bertz CT molecular complexity index is 615. The predicted octanol–water partition coefficient (Wildman–Crippen LogP) is 5.08. The van der Waals surface area contributed by atoms with Crippen molar-refractivity contribution in [1.29, 1.82) is 0 Å². The van der Waals surface area contributed by atoms with E-state index >= 15 is 0 Å². The second-order valence-corrected chi connectivity index (χ2v) is 7.06. The van der Waals surface area contributed by atoms with Gasteiger partial charge in [0.1, 0.15) is 5.15 Å². The van der Waals surface area contributed by atoms with E-state index < -0.39 is 0 Å². The monoisotopic (exact) mass is 378 g/mol. The van der Waals surface area contributed by atoms with Crippen molar-refractivity contribution in [2.75, 3.05) is 5.32 Å². The highest BCUT2D eigenvalue weighted by atomic mass is 79.9. The molecule has 3 nitrogen and oxygen atoms in total. The number of rotatable bonds is 2. The maximum absolute atomic E-state index is 12.1. The van der Waals surface area contributed by atoms with Gasteiger partial charge in [-0.15, -0.1) is 11.3 Å². The lowest BCUT2D eigenvalue weighted by atomic mass is 10.2. The van der Waals surface area contributed by atoms with Gasteiger partial charge in [0, 0.05) is 0 Å². The van der Waals surface area contributed by atoms with Crippen LogP contribution in [-0.2, 0) is 0 Å². The highest BCUT2D eigenvalue weighted by Crippen LogP contribution is 2.30. The van der Waals surface area contributed by atoms with Gasteiger partial charge in [0.15, 0.2) is 5.15 Å². The molecule has 100 valence electrons. The molecular weight excluding hydrogens is 371 g/mol. The predicted molar refractivity (Wildman–Crippen MR) is 83.7 cm³/mol. The molecule has 1 N–H and O–H groups in total. The van der Waals surface area contributed by atoms with Crippen molar-refractivity contribution in [3.63, 3.8) is 0 Å². The average molecular weight is 380 g/mol. The smallest absolute Gasteiger partial charge is 0.265 e. The Morgan fingerprint density at radius 3 is 2.53 bits per heavy atom. The number of carbonyl (C=O) groups excluding carboxylic acids is 1. The van der Waals surface area contributed by atoms with E-state index in [4.69, 9.17) is 23.2 Å². The van der Waals surface area contributed by atoms with Crippen molar-refractivity contribution in [1.82, 2.24) is 4.98 Å². The number of aryl methyl sites for hydroxylation is 2. The summed E-state index contributed by atoms with van der Waals surface area (Å²) in [6.07, 6.45) is 0. The van der Waals surface area contributed by atoms with Crippen molar-refractivity contribution < 1.29 is 4.79 Å². The highest BCUT2D eigenvalue weighted by Gasteiger charge is 2.15. The van der Waals surface area contributed by atoms with Crippen LogP contribution in [0.2, 0.25) is 10.3 Å². The third-order valence-corrected chi connectivity index (χ3v) is 5.06. The van der Waals surface area contributed by atoms with Crippen LogP contribution in [-0.4, -0.2) is 10.9 Å². The summed E-state index contributed by atoms with van der Waals surface area (Å²) >= 11 is 16.5. The molecular formula is C12H9BrCl2N2OS. The number of nitrogens with zero attached hydrogens (tertiary/aromatic N) is 1. The molecule has 0 bridgehead atoms. The fourth-order valence-electron chi connectivity index (χ4n) is 1.49. The Morgan fingerprint density at radius 2 is 2.00 bits per heavy atom. The van der Waals surface area contributed by atoms with Gasteiger partial charge in [0.25, 0.3) is 5.91 Å². The van der Waals surface area contributed by atoms with E-state index in [0.717, 1.165) is 14.9 Å². The minimum Gasteiger partial charge on any atom is -0.318 e. The molecule has 0 unspecified atom stereocenters. The molecule has 7 heteroatoms. The number of aromatic nitrogens is 1. The number of amides is 1. The lowest BCUT2D eigenvalue weighted by Gasteiger charge is -2.09. The summed E-state index contributed by atoms with van der Waals surface area (Å²) in [5.41, 5.74) is 2.27. The molecule has 2 heterocycles. The summed E-state index contributed by atoms with van der Waals surface area (Å²) in [6, 6.07) is 3.47. The molecule has 0 aliphatic carbocycles. The first kappa shape index (κ1) is 14.8. The van der Waals surface area contributed by atoms with Crippen LogP contribution in [0.15, 0.2) is 15.9 Å². The van der Waals surface area contributed by atoms with Crippen molar-refractivity contribution in [3.8, 4) is 0 Å². The van der Waals surface area contributed by atoms with E-state index in [2.05, 4.69) is 26.2 Å². The van der Waals surface area contributed by atoms with Gasteiger partial charge in [0.2, 0.25) is 0 Å². The molecule has 2 rings (SSSR count). The van der Waals surface area contributed by atoms with E-state index in [9.17, 15) is 4.79 Å². The van der Waals surface area contributed by atoms with Gasteiger partial charge in [-0.2, -0.15) is 0 Å². The van der Waals surface area contributed by atoms with E-state index in [-0.39, 0.29) is 11.1 Å². The van der Waals surface area contributed by atoms with Crippen LogP contribution in [0.25, 0.3) is 0 Å². The van der Waals surface area contributed by atoms with Crippen LogP contribution >= 0.6 is 50.5 Å². The fraction of sp³-hybridized carbons (Fsp3) is 0.167. The molecule has 2 aromatic rings. The number of hydrogen-bond acceptors (Lipinski definition) is 3. The largest absolute Gasteiger partial charge is 0.318 e. The van der Waals surface area contributed by atoms with Gasteiger partial charge in [-0.1, -0.05) is 23.2 Å². The Balaban J connectivity index is 2.29. The number of anilines is 1. The molecule has 0 atom stereocenters. The summed E-state index contributed by atoms with van der Waals surface area (Å²) in [5, 5.41) is 3.25. The van der Waals surface area contributed by atoms with Gasteiger partial charge in [-0.3, -0.25) is 4.79 Å². The van der Waals surface area contributed by atoms with Gasteiger partial charge in [-0.05, 0) is 53.0 Å². The van der Waals surface area contributed by atoms with E-state index in [1.807, 2.05) is 19.9 Å². The van der Waals surface area contributed by atoms with Crippen molar-refractivity contribution >= 4 is 62.1 Å². The summed E-state index contributed by atoms with van der Waals surface area (Å²) in [4.78, 5) is 16.6. The number of thiophene rings is 1. The first-order chi connectivity index (χ1) is 8.88. The molecule has 0 aliphatic heterocycles.